The van der Waals surface area contributed by atoms with E-state index in [0.29, 0.717) is 35.8 Å². The van der Waals surface area contributed by atoms with Crippen molar-refractivity contribution in [3.8, 4) is 11.5 Å². The van der Waals surface area contributed by atoms with Gasteiger partial charge in [-0.25, -0.2) is 10.9 Å². The molecule has 0 spiro atoms. The summed E-state index contributed by atoms with van der Waals surface area (Å²) in [6.07, 6.45) is 0. The van der Waals surface area contributed by atoms with Gasteiger partial charge in [-0.3, -0.25) is 9.59 Å². The molecule has 8 heteroatoms. The van der Waals surface area contributed by atoms with E-state index in [1.54, 1.807) is 38.1 Å². The lowest BCUT2D eigenvalue weighted by Crippen LogP contribution is -2.21. The lowest BCUT2D eigenvalue weighted by Gasteiger charge is -2.07. The van der Waals surface area contributed by atoms with Gasteiger partial charge < -0.3 is 9.47 Å². The Bertz CT molecular complexity index is 1130. The molecule has 3 aromatic rings. The van der Waals surface area contributed by atoms with Gasteiger partial charge in [0.1, 0.15) is 11.5 Å². The van der Waals surface area contributed by atoms with Crippen molar-refractivity contribution in [1.82, 2.24) is 10.9 Å². The Labute approximate surface area is 211 Å². The van der Waals surface area contributed by atoms with Crippen LogP contribution in [-0.2, 0) is 0 Å². The summed E-state index contributed by atoms with van der Waals surface area (Å²) in [5.41, 5.74) is 8.89. The maximum absolute atomic E-state index is 12.5. The fourth-order valence-corrected chi connectivity index (χ4v) is 3.22. The second-order valence-electron chi connectivity index (χ2n) is 7.77. The summed E-state index contributed by atoms with van der Waals surface area (Å²) in [5.74, 6) is 0.798. The van der Waals surface area contributed by atoms with Gasteiger partial charge in [-0.1, -0.05) is 0 Å². The van der Waals surface area contributed by atoms with Crippen molar-refractivity contribution in [1.29, 1.82) is 0 Å². The first kappa shape index (κ1) is 26.2. The maximum atomic E-state index is 12.5. The van der Waals surface area contributed by atoms with E-state index >= 15 is 0 Å². The molecule has 0 fully saturated rings. The number of nitrogens with one attached hydrogen (secondary N) is 2. The van der Waals surface area contributed by atoms with Crippen LogP contribution in [0.25, 0.3) is 0 Å². The zero-order valence-corrected chi connectivity index (χ0v) is 20.9. The Morgan fingerprint density at radius 3 is 1.19 bits per heavy atom. The van der Waals surface area contributed by atoms with Crippen molar-refractivity contribution in [3.05, 3.63) is 95.1 Å². The quantitative estimate of drug-likeness (QED) is 0.318. The Morgan fingerprint density at radius 2 is 0.889 bits per heavy atom. The van der Waals surface area contributed by atoms with E-state index < -0.39 is 0 Å². The van der Waals surface area contributed by atoms with E-state index in [-0.39, 0.29) is 11.8 Å². The predicted octanol–water partition coefficient (Wildman–Crippen LogP) is 4.79. The monoisotopic (exact) mass is 486 g/mol. The van der Waals surface area contributed by atoms with E-state index in [1.165, 1.54) is 0 Å². The number of benzene rings is 3. The first-order valence-corrected chi connectivity index (χ1v) is 11.7. The molecule has 2 amide bonds. The Kier molecular flexibility index (Phi) is 9.33. The highest BCUT2D eigenvalue weighted by molar-refractivity contribution is 6.02. The van der Waals surface area contributed by atoms with Crippen molar-refractivity contribution >= 4 is 23.2 Å². The van der Waals surface area contributed by atoms with E-state index in [4.69, 9.17) is 9.47 Å². The minimum absolute atomic E-state index is 0.378. The minimum Gasteiger partial charge on any atom is -0.494 e. The molecule has 0 aliphatic heterocycles. The average Bonchev–Trinajstić information content (AvgIpc) is 2.91. The molecule has 2 N–H and O–H groups in total. The summed E-state index contributed by atoms with van der Waals surface area (Å²) in [6.45, 7) is 8.65. The lowest BCUT2D eigenvalue weighted by atomic mass is 10.1. The Morgan fingerprint density at radius 1 is 0.583 bits per heavy atom. The van der Waals surface area contributed by atoms with Crippen LogP contribution in [0.4, 0.5) is 0 Å². The van der Waals surface area contributed by atoms with Crippen LogP contribution in [0.5, 0.6) is 11.5 Å². The van der Waals surface area contributed by atoms with Gasteiger partial charge in [0.2, 0.25) is 0 Å². The largest absolute Gasteiger partial charge is 0.494 e. The molecule has 8 nitrogen and oxygen atoms in total. The molecule has 0 aromatic heterocycles. The molecular weight excluding hydrogens is 456 g/mol. The molecule has 186 valence electrons. The number of carbonyl (C=O) groups excluding carboxylic acids is 2. The predicted molar refractivity (Wildman–Crippen MR) is 141 cm³/mol. The number of ether oxygens (including phenoxy) is 2. The first-order chi connectivity index (χ1) is 17.4. The van der Waals surface area contributed by atoms with Gasteiger partial charge in [0.15, 0.2) is 0 Å². The van der Waals surface area contributed by atoms with Crippen LogP contribution in [-0.4, -0.2) is 36.5 Å². The molecule has 0 radical (unpaired) electrons. The molecule has 0 heterocycles. The molecule has 0 atom stereocenters. The van der Waals surface area contributed by atoms with Crippen molar-refractivity contribution < 1.29 is 19.1 Å². The molecule has 3 rings (SSSR count). The van der Waals surface area contributed by atoms with Gasteiger partial charge in [0, 0.05) is 11.1 Å². The molecule has 0 bridgehead atoms. The molecule has 0 saturated heterocycles. The average molecular weight is 487 g/mol. The SMILES string of the molecule is CCOc1ccc(C(C)=NNC(=O)c2ccc(C(=O)NN=C(C)c3ccc(OCC)cc3)cc2)cc1. The summed E-state index contributed by atoms with van der Waals surface area (Å²) in [4.78, 5) is 24.9. The first-order valence-electron chi connectivity index (χ1n) is 11.7. The number of hydrogen-bond donors (Lipinski definition) is 2. The van der Waals surface area contributed by atoms with Crippen LogP contribution >= 0.6 is 0 Å². The normalized spacial score (nSPS) is 11.6. The maximum Gasteiger partial charge on any atom is 0.271 e. The standard InChI is InChI=1S/C28H30N4O4/c1-5-35-25-15-11-21(12-16-25)19(3)29-31-27(33)23-7-9-24(10-8-23)28(34)32-30-20(4)22-13-17-26(18-14-22)36-6-2/h7-18H,5-6H2,1-4H3,(H,31,33)(H,32,34). The topological polar surface area (TPSA) is 101 Å². The fraction of sp³-hybridized carbons (Fsp3) is 0.214. The number of hydrogen-bond acceptors (Lipinski definition) is 6. The van der Waals surface area contributed by atoms with E-state index in [0.717, 1.165) is 22.6 Å². The van der Waals surface area contributed by atoms with Gasteiger partial charge >= 0.3 is 0 Å². The lowest BCUT2D eigenvalue weighted by molar-refractivity contribution is 0.0943. The summed E-state index contributed by atoms with van der Waals surface area (Å²) in [5, 5.41) is 8.34. The molecule has 36 heavy (non-hydrogen) atoms. The third kappa shape index (κ3) is 7.27. The zero-order valence-electron chi connectivity index (χ0n) is 20.9. The third-order valence-corrected chi connectivity index (χ3v) is 5.23. The molecule has 0 aliphatic carbocycles. The van der Waals surface area contributed by atoms with Crippen LogP contribution in [0.3, 0.4) is 0 Å². The van der Waals surface area contributed by atoms with Crippen LogP contribution in [0.2, 0.25) is 0 Å². The van der Waals surface area contributed by atoms with Crippen LogP contribution in [0.1, 0.15) is 59.5 Å². The van der Waals surface area contributed by atoms with Crippen LogP contribution in [0, 0.1) is 0 Å². The minimum atomic E-state index is -0.378. The molecule has 0 aliphatic rings. The second-order valence-corrected chi connectivity index (χ2v) is 7.77. The van der Waals surface area contributed by atoms with Gasteiger partial charge in [-0.15, -0.1) is 0 Å². The zero-order chi connectivity index (χ0) is 25.9. The molecule has 0 unspecified atom stereocenters. The van der Waals surface area contributed by atoms with Crippen molar-refractivity contribution in [2.75, 3.05) is 13.2 Å². The number of amides is 2. The summed E-state index contributed by atoms with van der Waals surface area (Å²) < 4.78 is 10.9. The highest BCUT2D eigenvalue weighted by Crippen LogP contribution is 2.14. The Hall–Kier alpha value is -4.46. The smallest absolute Gasteiger partial charge is 0.271 e. The van der Waals surface area contributed by atoms with E-state index in [1.807, 2.05) is 62.4 Å². The van der Waals surface area contributed by atoms with Crippen molar-refractivity contribution in [3.63, 3.8) is 0 Å². The number of carbonyl (C=O) groups is 2. The Balaban J connectivity index is 1.56. The highest BCUT2D eigenvalue weighted by atomic mass is 16.5. The number of hydrazone groups is 2. The van der Waals surface area contributed by atoms with E-state index in [2.05, 4.69) is 21.1 Å². The van der Waals surface area contributed by atoms with Crippen LogP contribution in [0.15, 0.2) is 83.0 Å². The highest BCUT2D eigenvalue weighted by Gasteiger charge is 2.09. The van der Waals surface area contributed by atoms with Crippen LogP contribution < -0.4 is 20.3 Å². The third-order valence-electron chi connectivity index (χ3n) is 5.23. The fourth-order valence-electron chi connectivity index (χ4n) is 3.22. The van der Waals surface area contributed by atoms with Crippen molar-refractivity contribution in [2.45, 2.75) is 27.7 Å². The van der Waals surface area contributed by atoms with Gasteiger partial charge in [-0.2, -0.15) is 10.2 Å². The van der Waals surface area contributed by atoms with Gasteiger partial charge in [0.25, 0.3) is 11.8 Å². The number of nitrogens with zero attached hydrogens (tertiary/aromatic N) is 2. The second kappa shape index (κ2) is 12.9. The summed E-state index contributed by atoms with van der Waals surface area (Å²) in [6, 6.07) is 21.2. The van der Waals surface area contributed by atoms with Gasteiger partial charge in [0.05, 0.1) is 24.6 Å². The molecule has 0 saturated carbocycles. The molecular formula is C28H30N4O4. The van der Waals surface area contributed by atoms with Crippen molar-refractivity contribution in [2.24, 2.45) is 10.2 Å². The summed E-state index contributed by atoms with van der Waals surface area (Å²) >= 11 is 0. The summed E-state index contributed by atoms with van der Waals surface area (Å²) in [7, 11) is 0. The van der Waals surface area contributed by atoms with Gasteiger partial charge in [-0.05, 0) is 112 Å². The molecule has 3 aromatic carbocycles. The van der Waals surface area contributed by atoms with E-state index in [9.17, 15) is 9.59 Å². The number of rotatable bonds is 10.